The van der Waals surface area contributed by atoms with Crippen molar-refractivity contribution < 1.29 is 8.42 Å². The van der Waals surface area contributed by atoms with Crippen molar-refractivity contribution in [3.63, 3.8) is 0 Å². The second kappa shape index (κ2) is 3.85. The lowest BCUT2D eigenvalue weighted by molar-refractivity contribution is 0.597. The minimum absolute atomic E-state index is 0.0624. The van der Waals surface area contributed by atoms with Crippen LogP contribution in [-0.4, -0.2) is 13.4 Å². The van der Waals surface area contributed by atoms with E-state index in [2.05, 4.69) is 4.98 Å². The van der Waals surface area contributed by atoms with E-state index in [1.54, 1.807) is 6.07 Å². The average molecular weight is 200 g/mol. The summed E-state index contributed by atoms with van der Waals surface area (Å²) in [7, 11) is -3.60. The maximum Gasteiger partial charge on any atom is 0.239 e. The largest absolute Gasteiger partial charge is 0.260 e. The van der Waals surface area contributed by atoms with E-state index in [4.69, 9.17) is 5.14 Å². The first-order valence-electron chi connectivity index (χ1n) is 4.01. The predicted octanol–water partition coefficient (Wildman–Crippen LogP) is 0.682. The Balaban J connectivity index is 2.94. The highest BCUT2D eigenvalue weighted by Crippen LogP contribution is 2.06. The van der Waals surface area contributed by atoms with Crippen LogP contribution >= 0.6 is 0 Å². The monoisotopic (exact) mass is 200 g/mol. The summed E-state index contributed by atoms with van der Waals surface area (Å²) in [6, 6.07) is 3.16. The molecule has 0 aromatic carbocycles. The lowest BCUT2D eigenvalue weighted by atomic mass is 10.2. The Morgan fingerprint density at radius 3 is 2.54 bits per heavy atom. The molecule has 13 heavy (non-hydrogen) atoms. The minimum Gasteiger partial charge on any atom is -0.260 e. The quantitative estimate of drug-likeness (QED) is 0.779. The second-order valence-electron chi connectivity index (χ2n) is 2.78. The predicted molar refractivity (Wildman–Crippen MR) is 49.6 cm³/mol. The van der Waals surface area contributed by atoms with Crippen molar-refractivity contribution in [2.24, 2.45) is 5.14 Å². The van der Waals surface area contributed by atoms with Crippen molar-refractivity contribution in [2.45, 2.75) is 24.7 Å². The molecule has 0 unspecified atom stereocenters. The number of pyridine rings is 1. The van der Waals surface area contributed by atoms with E-state index >= 15 is 0 Å². The molecule has 0 amide bonds. The van der Waals surface area contributed by atoms with Crippen molar-refractivity contribution in [1.29, 1.82) is 0 Å². The molecule has 4 nitrogen and oxygen atoms in total. The average Bonchev–Trinajstić information content (AvgIpc) is 2.04. The van der Waals surface area contributed by atoms with E-state index < -0.39 is 10.0 Å². The van der Waals surface area contributed by atoms with Gasteiger partial charge in [-0.05, 0) is 18.6 Å². The molecule has 1 aromatic rings. The van der Waals surface area contributed by atoms with Gasteiger partial charge in [0.05, 0.1) is 0 Å². The summed E-state index contributed by atoms with van der Waals surface area (Å²) in [5.41, 5.74) is 0.884. The number of hydrogen-bond acceptors (Lipinski definition) is 3. The molecule has 2 N–H and O–H groups in total. The van der Waals surface area contributed by atoms with Gasteiger partial charge in [0.25, 0.3) is 0 Å². The molecule has 0 aliphatic heterocycles. The maximum absolute atomic E-state index is 10.8. The number of sulfonamides is 1. The van der Waals surface area contributed by atoms with Gasteiger partial charge in [-0.1, -0.05) is 13.3 Å². The Kier molecular flexibility index (Phi) is 3.00. The van der Waals surface area contributed by atoms with Crippen LogP contribution in [-0.2, 0) is 16.4 Å². The van der Waals surface area contributed by atoms with Crippen molar-refractivity contribution in [3.8, 4) is 0 Å². The molecule has 1 heterocycles. The van der Waals surface area contributed by atoms with Crippen LogP contribution in [0.3, 0.4) is 0 Å². The van der Waals surface area contributed by atoms with Crippen LogP contribution in [0.25, 0.3) is 0 Å². The zero-order chi connectivity index (χ0) is 9.90. The first-order chi connectivity index (χ1) is 6.04. The lowest BCUT2D eigenvalue weighted by Crippen LogP contribution is -2.12. The number of aryl methyl sites for hydroxylation is 1. The first-order valence-corrected chi connectivity index (χ1v) is 5.56. The highest BCUT2D eigenvalue weighted by molar-refractivity contribution is 7.89. The summed E-state index contributed by atoms with van der Waals surface area (Å²) in [4.78, 5) is 4.04. The van der Waals surface area contributed by atoms with Crippen LogP contribution in [0.5, 0.6) is 0 Å². The molecule has 0 spiro atoms. The maximum atomic E-state index is 10.8. The normalized spacial score (nSPS) is 11.5. The van der Waals surface area contributed by atoms with Crippen LogP contribution in [0.4, 0.5) is 0 Å². The second-order valence-corrected chi connectivity index (χ2v) is 4.34. The van der Waals surface area contributed by atoms with Gasteiger partial charge in [-0.25, -0.2) is 13.6 Å². The van der Waals surface area contributed by atoms with E-state index in [1.165, 1.54) is 12.3 Å². The molecule has 5 heteroatoms. The molecule has 1 aromatic heterocycles. The Labute approximate surface area is 77.8 Å². The summed E-state index contributed by atoms with van der Waals surface area (Å²) in [6.07, 6.45) is 3.13. The minimum atomic E-state index is -3.60. The van der Waals surface area contributed by atoms with Gasteiger partial charge in [0.2, 0.25) is 10.0 Å². The van der Waals surface area contributed by atoms with Crippen LogP contribution in [0.2, 0.25) is 0 Å². The Morgan fingerprint density at radius 1 is 1.46 bits per heavy atom. The number of hydrogen-bond donors (Lipinski definition) is 1. The Hall–Kier alpha value is -0.940. The Bertz CT molecular complexity index is 370. The van der Waals surface area contributed by atoms with Gasteiger partial charge < -0.3 is 0 Å². The lowest BCUT2D eigenvalue weighted by Gasteiger charge is -1.99. The van der Waals surface area contributed by atoms with Crippen molar-refractivity contribution >= 4 is 10.0 Å². The highest BCUT2D eigenvalue weighted by Gasteiger charge is 2.06. The molecule has 0 aliphatic carbocycles. The Morgan fingerprint density at radius 2 is 2.15 bits per heavy atom. The molecular formula is C8H12N2O2S. The van der Waals surface area contributed by atoms with Gasteiger partial charge in [0, 0.05) is 11.9 Å². The van der Waals surface area contributed by atoms with Crippen molar-refractivity contribution in [2.75, 3.05) is 0 Å². The fraction of sp³-hybridized carbons (Fsp3) is 0.375. The van der Waals surface area contributed by atoms with Crippen LogP contribution in [0, 0.1) is 0 Å². The third kappa shape index (κ3) is 2.78. The van der Waals surface area contributed by atoms with E-state index in [-0.39, 0.29) is 4.90 Å². The number of aromatic nitrogens is 1. The summed E-state index contributed by atoms with van der Waals surface area (Å²) in [5, 5.41) is 4.91. The van der Waals surface area contributed by atoms with Gasteiger partial charge in [-0.2, -0.15) is 0 Å². The molecule has 0 atom stereocenters. The van der Waals surface area contributed by atoms with Gasteiger partial charge >= 0.3 is 0 Å². The summed E-state index contributed by atoms with van der Waals surface area (Å²) in [6.45, 7) is 2.04. The molecule has 0 radical (unpaired) electrons. The number of rotatable bonds is 3. The summed E-state index contributed by atoms with van der Waals surface area (Å²) < 4.78 is 21.7. The third-order valence-corrected chi connectivity index (χ3v) is 2.53. The highest BCUT2D eigenvalue weighted by atomic mass is 32.2. The zero-order valence-electron chi connectivity index (χ0n) is 7.40. The smallest absolute Gasteiger partial charge is 0.239 e. The van der Waals surface area contributed by atoms with Gasteiger partial charge in [0.15, 0.2) is 0 Å². The molecule has 72 valence electrons. The number of nitrogens with two attached hydrogens (primary N) is 1. The van der Waals surface area contributed by atoms with Gasteiger partial charge in [0.1, 0.15) is 4.90 Å². The fourth-order valence-electron chi connectivity index (χ4n) is 0.983. The van der Waals surface area contributed by atoms with Crippen molar-refractivity contribution in [1.82, 2.24) is 4.98 Å². The molecule has 1 rings (SSSR count). The molecule has 0 fully saturated rings. The van der Waals surface area contributed by atoms with Gasteiger partial charge in [-0.15, -0.1) is 0 Å². The first kappa shape index (κ1) is 10.1. The third-order valence-electron chi connectivity index (χ3n) is 1.63. The van der Waals surface area contributed by atoms with Crippen LogP contribution in [0.1, 0.15) is 19.0 Å². The van der Waals surface area contributed by atoms with E-state index in [0.717, 1.165) is 18.5 Å². The SMILES string of the molecule is CCCc1ccc(S(N)(=O)=O)cn1. The topological polar surface area (TPSA) is 73.1 Å². The summed E-state index contributed by atoms with van der Waals surface area (Å²) >= 11 is 0. The van der Waals surface area contributed by atoms with Crippen molar-refractivity contribution in [3.05, 3.63) is 24.0 Å². The standard InChI is InChI=1S/C8H12N2O2S/c1-2-3-7-4-5-8(6-10-7)13(9,11)12/h4-6H,2-3H2,1H3,(H2,9,11,12). The number of nitrogens with zero attached hydrogens (tertiary/aromatic N) is 1. The fourth-order valence-corrected chi connectivity index (χ4v) is 1.44. The van der Waals surface area contributed by atoms with E-state index in [0.29, 0.717) is 0 Å². The molecule has 0 bridgehead atoms. The summed E-state index contributed by atoms with van der Waals surface area (Å²) in [5.74, 6) is 0. The van der Waals surface area contributed by atoms with E-state index in [9.17, 15) is 8.42 Å². The van der Waals surface area contributed by atoms with E-state index in [1.807, 2.05) is 6.92 Å². The molecular weight excluding hydrogens is 188 g/mol. The molecule has 0 aliphatic rings. The van der Waals surface area contributed by atoms with Crippen LogP contribution < -0.4 is 5.14 Å². The zero-order valence-corrected chi connectivity index (χ0v) is 8.21. The molecule has 0 saturated heterocycles. The van der Waals surface area contributed by atoms with Crippen LogP contribution in [0.15, 0.2) is 23.2 Å². The van der Waals surface area contributed by atoms with Gasteiger partial charge in [-0.3, -0.25) is 4.98 Å². The molecule has 0 saturated carbocycles. The number of primary sulfonamides is 1.